The Morgan fingerprint density at radius 2 is 2.05 bits per heavy atom. The minimum absolute atomic E-state index is 0.109. The number of hydrogen-bond donors (Lipinski definition) is 1. The zero-order valence-electron chi connectivity index (χ0n) is 11.9. The van der Waals surface area contributed by atoms with Crippen molar-refractivity contribution in [3.8, 4) is 0 Å². The Morgan fingerprint density at radius 1 is 1.24 bits per heavy atom. The lowest BCUT2D eigenvalue weighted by molar-refractivity contribution is -0.115. The minimum Gasteiger partial charge on any atom is -0.361 e. The molecule has 106 valence electrons. The van der Waals surface area contributed by atoms with Crippen LogP contribution in [0.1, 0.15) is 17.0 Å². The average molecular weight is 281 g/mol. The molecule has 1 amide bonds. The van der Waals surface area contributed by atoms with Gasteiger partial charge in [0.25, 0.3) is 0 Å². The van der Waals surface area contributed by atoms with Gasteiger partial charge in [0, 0.05) is 17.1 Å². The summed E-state index contributed by atoms with van der Waals surface area (Å²) in [6.45, 7) is 3.64. The normalized spacial score (nSPS) is 10.8. The van der Waals surface area contributed by atoms with Gasteiger partial charge in [-0.2, -0.15) is 0 Å². The lowest BCUT2D eigenvalue weighted by atomic mass is 10.1. The van der Waals surface area contributed by atoms with Crippen molar-refractivity contribution in [2.24, 2.45) is 0 Å². The number of para-hydroxylation sites is 1. The van der Waals surface area contributed by atoms with Crippen LogP contribution in [0.25, 0.3) is 10.9 Å². The highest BCUT2D eigenvalue weighted by molar-refractivity contribution is 6.00. The average Bonchev–Trinajstić information content (AvgIpc) is 2.79. The largest absolute Gasteiger partial charge is 0.361 e. The molecule has 0 aliphatic rings. The predicted octanol–water partition coefficient (Wildman–Crippen LogP) is 3.02. The van der Waals surface area contributed by atoms with Crippen LogP contribution in [-0.2, 0) is 11.2 Å². The van der Waals surface area contributed by atoms with Gasteiger partial charge in [0.15, 0.2) is 0 Å². The summed E-state index contributed by atoms with van der Waals surface area (Å²) in [6.07, 6.45) is 1.96. The second-order valence-corrected chi connectivity index (χ2v) is 4.91. The van der Waals surface area contributed by atoms with Crippen molar-refractivity contribution in [1.82, 2.24) is 10.1 Å². The first kappa shape index (κ1) is 13.3. The van der Waals surface area contributed by atoms with Crippen LogP contribution in [0.4, 0.5) is 5.69 Å². The van der Waals surface area contributed by atoms with Crippen molar-refractivity contribution in [2.75, 3.05) is 5.32 Å². The Kier molecular flexibility index (Phi) is 3.39. The Balaban J connectivity index is 1.84. The fourth-order valence-corrected chi connectivity index (χ4v) is 2.31. The van der Waals surface area contributed by atoms with Crippen molar-refractivity contribution in [2.45, 2.75) is 20.3 Å². The number of pyridine rings is 1. The summed E-state index contributed by atoms with van der Waals surface area (Å²) < 4.78 is 5.07. The molecule has 0 aliphatic carbocycles. The van der Waals surface area contributed by atoms with Crippen LogP contribution in [0, 0.1) is 13.8 Å². The van der Waals surface area contributed by atoms with Crippen LogP contribution in [-0.4, -0.2) is 16.0 Å². The van der Waals surface area contributed by atoms with E-state index in [9.17, 15) is 4.79 Å². The second kappa shape index (κ2) is 5.36. The molecular weight excluding hydrogens is 266 g/mol. The lowest BCUT2D eigenvalue weighted by Gasteiger charge is -2.07. The van der Waals surface area contributed by atoms with E-state index in [1.54, 1.807) is 6.20 Å². The zero-order chi connectivity index (χ0) is 14.8. The molecule has 21 heavy (non-hydrogen) atoms. The van der Waals surface area contributed by atoms with Crippen molar-refractivity contribution in [3.05, 3.63) is 53.5 Å². The third kappa shape index (κ3) is 2.63. The van der Waals surface area contributed by atoms with E-state index in [-0.39, 0.29) is 12.3 Å². The lowest BCUT2D eigenvalue weighted by Crippen LogP contribution is -2.15. The summed E-state index contributed by atoms with van der Waals surface area (Å²) in [5.74, 6) is 0.571. The van der Waals surface area contributed by atoms with Gasteiger partial charge in [-0.3, -0.25) is 9.78 Å². The van der Waals surface area contributed by atoms with Gasteiger partial charge in [-0.1, -0.05) is 23.4 Å². The number of hydrogen-bond acceptors (Lipinski definition) is 4. The zero-order valence-corrected chi connectivity index (χ0v) is 11.9. The number of carbonyl (C=O) groups is 1. The number of nitrogens with zero attached hydrogens (tertiary/aromatic N) is 2. The highest BCUT2D eigenvalue weighted by Crippen LogP contribution is 2.21. The Labute approximate surface area is 122 Å². The molecule has 0 radical (unpaired) electrons. The molecule has 0 saturated carbocycles. The smallest absolute Gasteiger partial charge is 0.229 e. The number of aryl methyl sites for hydroxylation is 2. The van der Waals surface area contributed by atoms with Crippen molar-refractivity contribution < 1.29 is 9.32 Å². The molecule has 0 atom stereocenters. The van der Waals surface area contributed by atoms with Gasteiger partial charge >= 0.3 is 0 Å². The molecule has 5 heteroatoms. The van der Waals surface area contributed by atoms with E-state index in [0.29, 0.717) is 11.4 Å². The van der Waals surface area contributed by atoms with Crippen LogP contribution in [0.15, 0.2) is 41.1 Å². The quantitative estimate of drug-likeness (QED) is 0.801. The number of nitrogens with one attached hydrogen (secondary N) is 1. The summed E-state index contributed by atoms with van der Waals surface area (Å²) in [6, 6.07) is 9.55. The Hall–Kier alpha value is -2.69. The molecule has 0 spiro atoms. The van der Waals surface area contributed by atoms with Crippen LogP contribution in [0.2, 0.25) is 0 Å². The van der Waals surface area contributed by atoms with Gasteiger partial charge in [0.2, 0.25) is 5.91 Å². The molecule has 0 aliphatic heterocycles. The molecule has 0 fully saturated rings. The van der Waals surface area contributed by atoms with Gasteiger partial charge in [-0.15, -0.1) is 0 Å². The Bertz CT molecular complexity index is 783. The number of fused-ring (bicyclic) bond motifs is 1. The fourth-order valence-electron chi connectivity index (χ4n) is 2.31. The van der Waals surface area contributed by atoms with Crippen LogP contribution >= 0.6 is 0 Å². The van der Waals surface area contributed by atoms with Gasteiger partial charge < -0.3 is 9.84 Å². The fraction of sp³-hybridized carbons (Fsp3) is 0.188. The van der Waals surface area contributed by atoms with Crippen molar-refractivity contribution >= 4 is 22.5 Å². The molecule has 0 saturated heterocycles. The van der Waals surface area contributed by atoms with E-state index in [1.807, 2.05) is 44.2 Å². The first-order chi connectivity index (χ1) is 10.1. The molecule has 3 aromatic rings. The molecule has 2 heterocycles. The first-order valence-corrected chi connectivity index (χ1v) is 6.70. The summed E-state index contributed by atoms with van der Waals surface area (Å²) in [5.41, 5.74) is 3.08. The number of benzene rings is 1. The minimum atomic E-state index is -0.109. The van der Waals surface area contributed by atoms with E-state index in [4.69, 9.17) is 4.52 Å². The third-order valence-corrected chi connectivity index (χ3v) is 3.43. The topological polar surface area (TPSA) is 68.0 Å². The molecule has 0 unspecified atom stereocenters. The first-order valence-electron chi connectivity index (χ1n) is 6.70. The second-order valence-electron chi connectivity index (χ2n) is 4.91. The highest BCUT2D eigenvalue weighted by atomic mass is 16.5. The molecule has 2 aromatic heterocycles. The maximum Gasteiger partial charge on any atom is 0.229 e. The van der Waals surface area contributed by atoms with Gasteiger partial charge in [0.05, 0.1) is 23.3 Å². The summed E-state index contributed by atoms with van der Waals surface area (Å²) in [5, 5.41) is 7.76. The van der Waals surface area contributed by atoms with Crippen LogP contribution in [0.5, 0.6) is 0 Å². The highest BCUT2D eigenvalue weighted by Gasteiger charge is 2.14. The number of aromatic nitrogens is 2. The standard InChI is InChI=1S/C16H15N3O2/c1-10-13(11(2)21-19-10)9-15(20)18-14-7-3-5-12-6-4-8-17-16(12)14/h3-8H,9H2,1-2H3,(H,18,20). The molecule has 3 rings (SSSR count). The molecular formula is C16H15N3O2. The van der Waals surface area contributed by atoms with Gasteiger partial charge in [-0.25, -0.2) is 0 Å². The Morgan fingerprint density at radius 3 is 2.81 bits per heavy atom. The summed E-state index contributed by atoms with van der Waals surface area (Å²) in [7, 11) is 0. The predicted molar refractivity (Wildman–Crippen MR) is 80.1 cm³/mol. The van der Waals surface area contributed by atoms with Crippen molar-refractivity contribution in [3.63, 3.8) is 0 Å². The molecule has 1 N–H and O–H groups in total. The number of carbonyl (C=O) groups excluding carboxylic acids is 1. The van der Waals surface area contributed by atoms with Gasteiger partial charge in [0.1, 0.15) is 5.76 Å². The monoisotopic (exact) mass is 281 g/mol. The van der Waals surface area contributed by atoms with E-state index in [1.165, 1.54) is 0 Å². The van der Waals surface area contributed by atoms with E-state index < -0.39 is 0 Å². The van der Waals surface area contributed by atoms with Crippen LogP contribution < -0.4 is 5.32 Å². The number of amides is 1. The van der Waals surface area contributed by atoms with E-state index >= 15 is 0 Å². The molecule has 0 bridgehead atoms. The number of anilines is 1. The molecule has 5 nitrogen and oxygen atoms in total. The SMILES string of the molecule is Cc1noc(C)c1CC(=O)Nc1cccc2cccnc12. The summed E-state index contributed by atoms with van der Waals surface area (Å²) >= 11 is 0. The molecule has 1 aromatic carbocycles. The third-order valence-electron chi connectivity index (χ3n) is 3.43. The van der Waals surface area contributed by atoms with E-state index in [2.05, 4.69) is 15.5 Å². The van der Waals surface area contributed by atoms with Gasteiger partial charge in [-0.05, 0) is 26.0 Å². The summed E-state index contributed by atoms with van der Waals surface area (Å²) in [4.78, 5) is 16.5. The van der Waals surface area contributed by atoms with Crippen LogP contribution in [0.3, 0.4) is 0 Å². The maximum atomic E-state index is 12.2. The number of rotatable bonds is 3. The van der Waals surface area contributed by atoms with E-state index in [0.717, 1.165) is 22.2 Å². The van der Waals surface area contributed by atoms with Crippen molar-refractivity contribution in [1.29, 1.82) is 0 Å². The maximum absolute atomic E-state index is 12.2.